The van der Waals surface area contributed by atoms with Crippen LogP contribution in [0.5, 0.6) is 0 Å². The van der Waals surface area contributed by atoms with Crippen LogP contribution in [0.3, 0.4) is 0 Å². The molecule has 0 aromatic carbocycles. The van der Waals surface area contributed by atoms with Crippen molar-refractivity contribution in [1.29, 1.82) is 5.26 Å². The summed E-state index contributed by atoms with van der Waals surface area (Å²) in [6.07, 6.45) is 4.43. The van der Waals surface area contributed by atoms with E-state index in [1.165, 1.54) is 4.31 Å². The Kier molecular flexibility index (Phi) is 3.03. The van der Waals surface area contributed by atoms with Gasteiger partial charge in [0.1, 0.15) is 0 Å². The van der Waals surface area contributed by atoms with E-state index in [1.807, 2.05) is 6.07 Å². The van der Waals surface area contributed by atoms with Gasteiger partial charge in [0.05, 0.1) is 11.4 Å². The van der Waals surface area contributed by atoms with Gasteiger partial charge < -0.3 is 4.90 Å². The fraction of sp³-hybridized carbons (Fsp3) is 0.500. The zero-order valence-corrected chi connectivity index (χ0v) is 11.9. The first kappa shape index (κ1) is 13.1. The predicted octanol–water partition coefficient (Wildman–Crippen LogP) is 0.418. The van der Waals surface area contributed by atoms with Gasteiger partial charge in [-0.25, -0.2) is 0 Å². The molecule has 0 unspecified atom stereocenters. The smallest absolute Gasteiger partial charge is 0.302 e. The van der Waals surface area contributed by atoms with Gasteiger partial charge >= 0.3 is 10.2 Å². The molecule has 20 heavy (non-hydrogen) atoms. The molecule has 0 amide bonds. The maximum absolute atomic E-state index is 12.4. The van der Waals surface area contributed by atoms with Crippen molar-refractivity contribution in [3.8, 4) is 6.19 Å². The molecule has 2 aliphatic heterocycles. The molecule has 0 saturated carbocycles. The Morgan fingerprint density at radius 2 is 2.35 bits per heavy atom. The minimum atomic E-state index is -3.57. The number of rotatable bonds is 1. The van der Waals surface area contributed by atoms with Crippen LogP contribution in [0.15, 0.2) is 12.3 Å². The first-order valence-corrected chi connectivity index (χ1v) is 7.84. The van der Waals surface area contributed by atoms with Crippen LogP contribution in [0, 0.1) is 18.4 Å². The van der Waals surface area contributed by atoms with Crippen LogP contribution in [0.2, 0.25) is 0 Å². The lowest BCUT2D eigenvalue weighted by Gasteiger charge is -2.33. The summed E-state index contributed by atoms with van der Waals surface area (Å²) in [6.45, 7) is 3.17. The Hall–Kier alpha value is -1.85. The molecule has 1 fully saturated rings. The van der Waals surface area contributed by atoms with E-state index < -0.39 is 10.2 Å². The van der Waals surface area contributed by atoms with E-state index in [2.05, 4.69) is 15.9 Å². The van der Waals surface area contributed by atoms with Crippen molar-refractivity contribution in [2.24, 2.45) is 0 Å². The summed E-state index contributed by atoms with van der Waals surface area (Å²) in [5.41, 5.74) is 2.18. The van der Waals surface area contributed by atoms with Gasteiger partial charge in [0.25, 0.3) is 0 Å². The Morgan fingerprint density at radius 1 is 1.55 bits per heavy atom. The number of nitrogens with one attached hydrogen (secondary N) is 1. The fourth-order valence-corrected chi connectivity index (χ4v) is 4.25. The average molecular weight is 293 g/mol. The number of pyridine rings is 1. The van der Waals surface area contributed by atoms with Crippen molar-refractivity contribution >= 4 is 15.9 Å². The summed E-state index contributed by atoms with van der Waals surface area (Å²) in [5.74, 6) is 0. The normalized spacial score (nSPS) is 24.8. The van der Waals surface area contributed by atoms with Crippen molar-refractivity contribution in [1.82, 2.24) is 14.2 Å². The number of hydrogen-bond donors (Lipinski definition) is 1. The van der Waals surface area contributed by atoms with Crippen molar-refractivity contribution in [2.45, 2.75) is 25.9 Å². The van der Waals surface area contributed by atoms with Crippen LogP contribution in [-0.2, 0) is 16.8 Å². The molecule has 0 bridgehead atoms. The molecule has 106 valence electrons. The third kappa shape index (κ3) is 2.09. The van der Waals surface area contributed by atoms with E-state index in [0.717, 1.165) is 5.56 Å². The first-order valence-electron chi connectivity index (χ1n) is 6.40. The number of hydrogen-bond acceptors (Lipinski definition) is 5. The number of nitriles is 1. The standard InChI is InChI=1S/C12H15N5O2S/c1-9-12-10(2-4-14-9)6-17(20(18,19)15-12)11-3-5-16(7-11)8-13/h2,4,11,15H,3,5-7H2,1H3/t11-/m1/s1. The zero-order chi connectivity index (χ0) is 14.3. The summed E-state index contributed by atoms with van der Waals surface area (Å²) in [4.78, 5) is 5.70. The number of aromatic nitrogens is 1. The predicted molar refractivity (Wildman–Crippen MR) is 72.7 cm³/mol. The van der Waals surface area contributed by atoms with Gasteiger partial charge in [0.15, 0.2) is 6.19 Å². The highest BCUT2D eigenvalue weighted by Gasteiger charge is 2.38. The number of aryl methyl sites for hydroxylation is 1. The quantitative estimate of drug-likeness (QED) is 0.758. The SMILES string of the molecule is Cc1nccc2c1NS(=O)(=O)N([C@@H]1CCN(C#N)C1)C2. The molecule has 0 spiro atoms. The lowest BCUT2D eigenvalue weighted by atomic mass is 10.1. The van der Waals surface area contributed by atoms with Gasteiger partial charge in [-0.15, -0.1) is 0 Å². The highest BCUT2D eigenvalue weighted by atomic mass is 32.2. The molecule has 3 heterocycles. The summed E-state index contributed by atoms with van der Waals surface area (Å²) in [7, 11) is -3.57. The van der Waals surface area contributed by atoms with E-state index in [1.54, 1.807) is 18.0 Å². The third-order valence-electron chi connectivity index (χ3n) is 3.80. The summed E-state index contributed by atoms with van der Waals surface area (Å²) >= 11 is 0. The van der Waals surface area contributed by atoms with Crippen molar-refractivity contribution < 1.29 is 8.42 Å². The molecular weight excluding hydrogens is 278 g/mol. The monoisotopic (exact) mass is 293 g/mol. The maximum Gasteiger partial charge on any atom is 0.302 e. The fourth-order valence-electron chi connectivity index (χ4n) is 2.72. The van der Waals surface area contributed by atoms with E-state index in [4.69, 9.17) is 5.26 Å². The summed E-state index contributed by atoms with van der Waals surface area (Å²) in [5, 5.41) is 8.89. The number of anilines is 1. The van der Waals surface area contributed by atoms with Crippen LogP contribution >= 0.6 is 0 Å². The van der Waals surface area contributed by atoms with Crippen LogP contribution in [-0.4, -0.2) is 41.7 Å². The van der Waals surface area contributed by atoms with E-state index in [-0.39, 0.29) is 6.04 Å². The lowest BCUT2D eigenvalue weighted by Crippen LogP contribution is -2.46. The van der Waals surface area contributed by atoms with E-state index in [0.29, 0.717) is 37.4 Å². The lowest BCUT2D eigenvalue weighted by molar-refractivity contribution is 0.313. The first-order chi connectivity index (χ1) is 9.51. The van der Waals surface area contributed by atoms with E-state index in [9.17, 15) is 8.42 Å². The molecule has 1 aromatic heterocycles. The molecule has 3 rings (SSSR count). The summed E-state index contributed by atoms with van der Waals surface area (Å²) in [6, 6.07) is 1.67. The number of fused-ring (bicyclic) bond motifs is 1. The second-order valence-corrected chi connectivity index (χ2v) is 6.69. The molecule has 2 aliphatic rings. The largest absolute Gasteiger partial charge is 0.309 e. The van der Waals surface area contributed by atoms with Gasteiger partial charge in [0, 0.05) is 31.9 Å². The molecule has 0 aliphatic carbocycles. The van der Waals surface area contributed by atoms with Crippen molar-refractivity contribution in [3.63, 3.8) is 0 Å². The molecule has 0 radical (unpaired) electrons. The second kappa shape index (κ2) is 4.61. The molecule has 1 aromatic rings. The van der Waals surface area contributed by atoms with Gasteiger partial charge in [-0.2, -0.15) is 18.0 Å². The van der Waals surface area contributed by atoms with Crippen LogP contribution in [0.4, 0.5) is 5.69 Å². The maximum atomic E-state index is 12.4. The van der Waals surface area contributed by atoms with Gasteiger partial charge in [-0.1, -0.05) is 0 Å². The van der Waals surface area contributed by atoms with Crippen LogP contribution < -0.4 is 4.72 Å². The number of likely N-dealkylation sites (tertiary alicyclic amines) is 1. The Balaban J connectivity index is 1.93. The van der Waals surface area contributed by atoms with Gasteiger partial charge in [0.2, 0.25) is 0 Å². The minimum Gasteiger partial charge on any atom is -0.309 e. The topological polar surface area (TPSA) is 89.3 Å². The van der Waals surface area contributed by atoms with Crippen LogP contribution in [0.25, 0.3) is 0 Å². The van der Waals surface area contributed by atoms with Crippen LogP contribution in [0.1, 0.15) is 17.7 Å². The minimum absolute atomic E-state index is 0.159. The molecule has 1 N–H and O–H groups in total. The molecule has 1 saturated heterocycles. The highest BCUT2D eigenvalue weighted by molar-refractivity contribution is 7.90. The third-order valence-corrected chi connectivity index (χ3v) is 5.31. The number of nitrogens with zero attached hydrogens (tertiary/aromatic N) is 4. The zero-order valence-electron chi connectivity index (χ0n) is 11.1. The molecule has 1 atom stereocenters. The van der Waals surface area contributed by atoms with Crippen molar-refractivity contribution in [2.75, 3.05) is 17.8 Å². The second-order valence-electron chi connectivity index (χ2n) is 5.07. The molecule has 7 nitrogen and oxygen atoms in total. The molecular formula is C12H15N5O2S. The van der Waals surface area contributed by atoms with Crippen molar-refractivity contribution in [3.05, 3.63) is 23.5 Å². The van der Waals surface area contributed by atoms with E-state index >= 15 is 0 Å². The van der Waals surface area contributed by atoms with Gasteiger partial charge in [-0.3, -0.25) is 9.71 Å². The summed E-state index contributed by atoms with van der Waals surface area (Å²) < 4.78 is 28.8. The average Bonchev–Trinajstić information content (AvgIpc) is 2.87. The Bertz CT molecular complexity index is 682. The van der Waals surface area contributed by atoms with Gasteiger partial charge in [-0.05, 0) is 25.0 Å². The molecule has 8 heteroatoms. The highest BCUT2D eigenvalue weighted by Crippen LogP contribution is 2.31. The Labute approximate surface area is 118 Å². The Morgan fingerprint density at radius 3 is 3.05 bits per heavy atom.